The molecule has 4 aromatic carbocycles. The maximum absolute atomic E-state index is 13.8. The summed E-state index contributed by atoms with van der Waals surface area (Å²) in [5, 5.41) is -0.0704. The Morgan fingerprint density at radius 1 is 0.754 bits per heavy atom. The number of aromatic nitrogens is 2. The summed E-state index contributed by atoms with van der Waals surface area (Å²) >= 11 is 0. The average molecular weight is 907 g/mol. The number of para-hydroxylation sites is 1. The van der Waals surface area contributed by atoms with Crippen molar-refractivity contribution in [3.05, 3.63) is 148 Å². The lowest BCUT2D eigenvalue weighted by Gasteiger charge is -2.40. The van der Waals surface area contributed by atoms with Gasteiger partial charge in [0.15, 0.2) is 8.32 Å². The largest absolute Gasteiger partial charge is 0.497 e. The Bertz CT molecular complexity index is 2250. The summed E-state index contributed by atoms with van der Waals surface area (Å²) in [5.41, 5.74) is 1.96. The van der Waals surface area contributed by atoms with Gasteiger partial charge in [0.1, 0.15) is 41.8 Å². The zero-order chi connectivity index (χ0) is 46.5. The van der Waals surface area contributed by atoms with Gasteiger partial charge in [-0.05, 0) is 91.0 Å². The van der Waals surface area contributed by atoms with E-state index in [-0.39, 0.29) is 24.4 Å². The zero-order valence-electron chi connectivity index (χ0n) is 39.2. The highest BCUT2D eigenvalue weighted by Crippen LogP contribution is 2.45. The van der Waals surface area contributed by atoms with Crippen LogP contribution in [-0.4, -0.2) is 76.7 Å². The molecular weight excluding hydrogens is 841 g/mol. The molecule has 1 saturated heterocycles. The summed E-state index contributed by atoms with van der Waals surface area (Å²) in [6.45, 7) is 14.0. The Morgan fingerprint density at radius 2 is 1.31 bits per heavy atom. The molecule has 12 nitrogen and oxygen atoms in total. The van der Waals surface area contributed by atoms with Crippen LogP contribution < -0.4 is 24.6 Å². The van der Waals surface area contributed by atoms with Crippen molar-refractivity contribution in [2.24, 2.45) is 0 Å². The van der Waals surface area contributed by atoms with Gasteiger partial charge in [-0.15, -0.1) is 0 Å². The smallest absolute Gasteiger partial charge is 0.352 e. The summed E-state index contributed by atoms with van der Waals surface area (Å²) in [7, 11) is 0.983. The third kappa shape index (κ3) is 12.7. The zero-order valence-corrected chi connectivity index (χ0v) is 40.2. The third-order valence-electron chi connectivity index (χ3n) is 12.3. The van der Waals surface area contributed by atoms with E-state index in [2.05, 4.69) is 51.0 Å². The Balaban J connectivity index is 1.12. The molecule has 3 atom stereocenters. The second-order valence-electron chi connectivity index (χ2n) is 18.0. The van der Waals surface area contributed by atoms with Gasteiger partial charge in [0, 0.05) is 24.8 Å². The van der Waals surface area contributed by atoms with Crippen LogP contribution in [0.4, 0.5) is 0 Å². The number of benzene rings is 4. The van der Waals surface area contributed by atoms with Crippen molar-refractivity contribution in [2.75, 3.05) is 40.6 Å². The summed E-state index contributed by atoms with van der Waals surface area (Å²) in [5.74, 6) is 1.88. The van der Waals surface area contributed by atoms with Crippen molar-refractivity contribution in [2.45, 2.75) is 108 Å². The molecule has 65 heavy (non-hydrogen) atoms. The van der Waals surface area contributed by atoms with Crippen molar-refractivity contribution >= 4 is 14.3 Å². The highest BCUT2D eigenvalue weighted by Gasteiger charge is 2.47. The lowest BCUT2D eigenvalue weighted by molar-refractivity contribution is -0.139. The molecule has 0 spiro atoms. The van der Waals surface area contributed by atoms with E-state index in [9.17, 15) is 9.59 Å². The van der Waals surface area contributed by atoms with Crippen LogP contribution >= 0.6 is 0 Å². The molecule has 6 rings (SSSR count). The van der Waals surface area contributed by atoms with Crippen LogP contribution in [0, 0.1) is 6.92 Å². The fraction of sp³-hybridized carbons (Fsp3) is 0.442. The predicted octanol–water partition coefficient (Wildman–Crippen LogP) is 10.2. The molecule has 13 heteroatoms. The van der Waals surface area contributed by atoms with Gasteiger partial charge in [0.2, 0.25) is 5.88 Å². The summed E-state index contributed by atoms with van der Waals surface area (Å²) in [6, 6.07) is 35.0. The maximum atomic E-state index is 13.8. The molecule has 1 aromatic heterocycles. The second-order valence-corrected chi connectivity index (χ2v) is 22.7. The number of rotatable bonds is 23. The number of aryl methyl sites for hydroxylation is 1. The van der Waals surface area contributed by atoms with Crippen LogP contribution in [0.1, 0.15) is 87.8 Å². The lowest BCUT2D eigenvalue weighted by atomic mass is 9.80. The van der Waals surface area contributed by atoms with Gasteiger partial charge in [-0.3, -0.25) is 4.57 Å². The van der Waals surface area contributed by atoms with Crippen molar-refractivity contribution in [1.29, 1.82) is 0 Å². The van der Waals surface area contributed by atoms with E-state index in [4.69, 9.17) is 37.6 Å². The topological polar surface area (TPSA) is 126 Å². The first-order chi connectivity index (χ1) is 31.2. The van der Waals surface area contributed by atoms with E-state index in [0.717, 1.165) is 65.9 Å². The highest BCUT2D eigenvalue weighted by molar-refractivity contribution is 6.74. The molecule has 1 aliphatic heterocycles. The Labute approximate surface area is 385 Å². The molecule has 2 heterocycles. The molecule has 348 valence electrons. The van der Waals surface area contributed by atoms with Gasteiger partial charge in [0.25, 0.3) is 0 Å². The highest BCUT2D eigenvalue weighted by atomic mass is 28.4. The minimum atomic E-state index is -2.32. The van der Waals surface area contributed by atoms with E-state index in [1.54, 1.807) is 37.1 Å². The Hall–Kier alpha value is -5.31. The van der Waals surface area contributed by atoms with Crippen LogP contribution in [0.3, 0.4) is 0 Å². The fourth-order valence-corrected chi connectivity index (χ4v) is 9.05. The maximum Gasteiger partial charge on any atom is 0.352 e. The standard InChI is InChI=1S/C52H66N2O10Si/c1-38-35-54(50(56)53-49(38)60-33-19-11-9-10-18-32-59-37-48(55)62-44-22-16-13-17-23-44)47-34-45(64-65(7,8)51(2,3)4)46(63-47)36-61-52(39-20-14-12-15-21-39,40-24-28-42(57-5)29-25-40)41-26-30-43(58-6)31-27-41/h12-17,20-31,35,45-47H,9-11,18-19,32-34,36-37H2,1-8H3/t45-,46+,47+/m0/s1. The van der Waals surface area contributed by atoms with Crippen molar-refractivity contribution < 1.29 is 42.4 Å². The van der Waals surface area contributed by atoms with Crippen LogP contribution in [0.2, 0.25) is 18.1 Å². The van der Waals surface area contributed by atoms with Gasteiger partial charge in [-0.2, -0.15) is 4.98 Å². The first-order valence-corrected chi connectivity index (χ1v) is 25.5. The molecule has 0 radical (unpaired) electrons. The molecule has 0 unspecified atom stereocenters. The average Bonchev–Trinajstić information content (AvgIpc) is 3.69. The van der Waals surface area contributed by atoms with E-state index in [1.165, 1.54) is 0 Å². The van der Waals surface area contributed by atoms with Gasteiger partial charge in [-0.25, -0.2) is 9.59 Å². The fourth-order valence-electron chi connectivity index (χ4n) is 7.70. The van der Waals surface area contributed by atoms with E-state index in [1.807, 2.05) is 91.9 Å². The van der Waals surface area contributed by atoms with Gasteiger partial charge >= 0.3 is 11.7 Å². The summed E-state index contributed by atoms with van der Waals surface area (Å²) in [6.07, 6.45) is 5.23. The van der Waals surface area contributed by atoms with Gasteiger partial charge < -0.3 is 37.6 Å². The number of carbonyl (C=O) groups excluding carboxylic acids is 1. The minimum absolute atomic E-state index is 0.0704. The van der Waals surface area contributed by atoms with E-state index < -0.39 is 37.9 Å². The first kappa shape index (κ1) is 49.1. The van der Waals surface area contributed by atoms with Crippen LogP contribution in [0.15, 0.2) is 120 Å². The summed E-state index contributed by atoms with van der Waals surface area (Å²) in [4.78, 5) is 30.1. The second kappa shape index (κ2) is 22.7. The summed E-state index contributed by atoms with van der Waals surface area (Å²) < 4.78 is 50.7. The molecule has 0 amide bonds. The minimum Gasteiger partial charge on any atom is -0.497 e. The van der Waals surface area contributed by atoms with E-state index in [0.29, 0.717) is 31.3 Å². The lowest BCUT2D eigenvalue weighted by Crippen LogP contribution is -2.47. The molecule has 0 saturated carbocycles. The number of ether oxygens (including phenoxy) is 7. The first-order valence-electron chi connectivity index (χ1n) is 22.6. The number of hydrogen-bond donors (Lipinski definition) is 0. The van der Waals surface area contributed by atoms with Crippen LogP contribution in [-0.2, 0) is 29.0 Å². The van der Waals surface area contributed by atoms with Crippen LogP contribution in [0.5, 0.6) is 23.1 Å². The van der Waals surface area contributed by atoms with Crippen LogP contribution in [0.25, 0.3) is 0 Å². The van der Waals surface area contributed by atoms with E-state index >= 15 is 0 Å². The normalized spacial score (nSPS) is 16.6. The SMILES string of the molecule is COc1ccc(C(OC[C@H]2O[C@@H](n3cc(C)c(OCCCCCCCOCC(=O)Oc4ccccc4)nc3=O)C[C@@H]2O[Si](C)(C)C(C)(C)C)(c2ccccc2)c2ccc(OC)cc2)cc1. The monoisotopic (exact) mass is 906 g/mol. The number of hydrogen-bond acceptors (Lipinski definition) is 11. The Kier molecular flexibility index (Phi) is 17.2. The Morgan fingerprint density at radius 3 is 1.89 bits per heavy atom. The molecular formula is C52H66N2O10Si. The van der Waals surface area contributed by atoms with Gasteiger partial charge in [-0.1, -0.05) is 113 Å². The molecule has 0 N–H and O–H groups in total. The molecule has 1 fully saturated rings. The van der Waals surface area contributed by atoms with Gasteiger partial charge in [0.05, 0.1) is 33.5 Å². The molecule has 0 aliphatic carbocycles. The van der Waals surface area contributed by atoms with Crippen molar-refractivity contribution in [3.63, 3.8) is 0 Å². The third-order valence-corrected chi connectivity index (χ3v) is 16.8. The number of nitrogens with zero attached hydrogens (tertiary/aromatic N) is 2. The number of methoxy groups -OCH3 is 2. The number of esters is 1. The number of carbonyl (C=O) groups is 1. The quantitative estimate of drug-likeness (QED) is 0.0204. The molecule has 0 bridgehead atoms. The number of unbranched alkanes of at least 4 members (excludes halogenated alkanes) is 4. The predicted molar refractivity (Wildman–Crippen MR) is 254 cm³/mol. The van der Waals surface area contributed by atoms with Crippen molar-refractivity contribution in [3.8, 4) is 23.1 Å². The molecule has 5 aromatic rings. The molecule has 1 aliphatic rings. The van der Waals surface area contributed by atoms with Crippen molar-refractivity contribution in [1.82, 2.24) is 9.55 Å².